The van der Waals surface area contributed by atoms with E-state index in [9.17, 15) is 9.59 Å². The number of carbonyl (C=O) groups excluding carboxylic acids is 2. The molecule has 1 saturated heterocycles. The first-order chi connectivity index (χ1) is 9.85. The average molecular weight is 298 g/mol. The Balaban J connectivity index is 2.47. The fourth-order valence-electron chi connectivity index (χ4n) is 2.71. The van der Waals surface area contributed by atoms with Gasteiger partial charge in [0, 0.05) is 31.6 Å². The summed E-state index contributed by atoms with van der Waals surface area (Å²) < 4.78 is 0. The van der Waals surface area contributed by atoms with Crippen LogP contribution >= 0.6 is 0 Å². The third-order valence-corrected chi connectivity index (χ3v) is 4.03. The average Bonchev–Trinajstić information content (AvgIpc) is 2.45. The van der Waals surface area contributed by atoms with E-state index in [2.05, 4.69) is 38.0 Å². The van der Waals surface area contributed by atoms with Crippen LogP contribution in [0, 0.1) is 11.8 Å². The summed E-state index contributed by atoms with van der Waals surface area (Å²) >= 11 is 0. The lowest BCUT2D eigenvalue weighted by molar-refractivity contribution is -0.137. The molecule has 0 spiro atoms. The summed E-state index contributed by atoms with van der Waals surface area (Å²) in [6.07, 6.45) is 1.39. The van der Waals surface area contributed by atoms with Crippen molar-refractivity contribution in [3.05, 3.63) is 0 Å². The molecular weight excluding hydrogens is 268 g/mol. The third-order valence-electron chi connectivity index (χ3n) is 4.03. The highest BCUT2D eigenvalue weighted by Gasteiger charge is 2.28. The molecule has 1 heterocycles. The van der Waals surface area contributed by atoms with Crippen molar-refractivity contribution in [3.63, 3.8) is 0 Å². The van der Waals surface area contributed by atoms with E-state index >= 15 is 0 Å². The van der Waals surface area contributed by atoms with Crippen molar-refractivity contribution < 1.29 is 9.59 Å². The van der Waals surface area contributed by atoms with Gasteiger partial charge in [-0.3, -0.25) is 19.9 Å². The van der Waals surface area contributed by atoms with Crippen LogP contribution < -0.4 is 11.3 Å². The summed E-state index contributed by atoms with van der Waals surface area (Å²) in [5.41, 5.74) is 2.20. The zero-order valence-corrected chi connectivity index (χ0v) is 13.8. The smallest absolute Gasteiger partial charge is 0.237 e. The monoisotopic (exact) mass is 298 g/mol. The molecule has 0 saturated carbocycles. The molecule has 3 N–H and O–H groups in total. The Morgan fingerprint density at radius 2 is 1.81 bits per heavy atom. The van der Waals surface area contributed by atoms with Crippen molar-refractivity contribution in [2.75, 3.05) is 26.2 Å². The second kappa shape index (κ2) is 8.34. The fraction of sp³-hybridized carbons (Fsp3) is 0.867. The first-order valence-corrected chi connectivity index (χ1v) is 7.87. The molecule has 0 unspecified atom stereocenters. The second-order valence-electron chi connectivity index (χ2n) is 6.58. The fourth-order valence-corrected chi connectivity index (χ4v) is 2.71. The van der Waals surface area contributed by atoms with Gasteiger partial charge in [0.2, 0.25) is 11.8 Å². The van der Waals surface area contributed by atoms with Crippen LogP contribution in [0.25, 0.3) is 0 Å². The van der Waals surface area contributed by atoms with Crippen molar-refractivity contribution in [2.24, 2.45) is 17.7 Å². The van der Waals surface area contributed by atoms with Gasteiger partial charge in [0.15, 0.2) is 0 Å². The van der Waals surface area contributed by atoms with Gasteiger partial charge < -0.3 is 4.90 Å². The first kappa shape index (κ1) is 17.9. The molecule has 21 heavy (non-hydrogen) atoms. The molecule has 1 fully saturated rings. The van der Waals surface area contributed by atoms with E-state index in [1.165, 1.54) is 0 Å². The van der Waals surface area contributed by atoms with Gasteiger partial charge in [-0.25, -0.2) is 5.84 Å². The Labute approximate surface area is 128 Å². The number of nitrogens with one attached hydrogen (secondary N) is 1. The van der Waals surface area contributed by atoms with Gasteiger partial charge in [0.1, 0.15) is 0 Å². The van der Waals surface area contributed by atoms with Crippen LogP contribution in [0.2, 0.25) is 0 Å². The number of likely N-dealkylation sites (tertiary alicyclic amines) is 1. The summed E-state index contributed by atoms with van der Waals surface area (Å²) in [7, 11) is 0. The van der Waals surface area contributed by atoms with Crippen molar-refractivity contribution in [2.45, 2.75) is 46.6 Å². The molecule has 1 aliphatic heterocycles. The van der Waals surface area contributed by atoms with Gasteiger partial charge in [0.25, 0.3) is 0 Å². The van der Waals surface area contributed by atoms with Crippen LogP contribution in [-0.4, -0.2) is 53.8 Å². The van der Waals surface area contributed by atoms with Gasteiger partial charge in [-0.05, 0) is 32.6 Å². The summed E-state index contributed by atoms with van der Waals surface area (Å²) in [5.74, 6) is 5.68. The van der Waals surface area contributed by atoms with E-state index in [0.717, 1.165) is 6.54 Å². The number of amides is 2. The van der Waals surface area contributed by atoms with Crippen LogP contribution in [-0.2, 0) is 9.59 Å². The standard InChI is InChI=1S/C15H30N4O2/c1-11(2)9-19(12(3)4)10-14(20)18-7-5-13(6-8-18)15(21)17-16/h11-13H,5-10,16H2,1-4H3,(H,17,21). The first-order valence-electron chi connectivity index (χ1n) is 7.87. The molecule has 6 nitrogen and oxygen atoms in total. The maximum absolute atomic E-state index is 12.4. The van der Waals surface area contributed by atoms with Crippen molar-refractivity contribution in [1.29, 1.82) is 0 Å². The van der Waals surface area contributed by atoms with Gasteiger partial charge in [0.05, 0.1) is 6.54 Å². The molecule has 0 radical (unpaired) electrons. The largest absolute Gasteiger partial charge is 0.342 e. The zero-order valence-electron chi connectivity index (χ0n) is 13.8. The number of piperidine rings is 1. The molecule has 0 atom stereocenters. The van der Waals surface area contributed by atoms with E-state index in [0.29, 0.717) is 44.4 Å². The molecular formula is C15H30N4O2. The zero-order chi connectivity index (χ0) is 16.0. The van der Waals surface area contributed by atoms with Crippen LogP contribution in [0.15, 0.2) is 0 Å². The highest BCUT2D eigenvalue weighted by molar-refractivity contribution is 5.80. The van der Waals surface area contributed by atoms with Crippen molar-refractivity contribution in [1.82, 2.24) is 15.2 Å². The number of nitrogens with zero attached hydrogens (tertiary/aromatic N) is 2. The molecule has 1 aliphatic rings. The molecule has 0 aromatic carbocycles. The maximum atomic E-state index is 12.4. The van der Waals surface area contributed by atoms with E-state index in [4.69, 9.17) is 5.84 Å². The number of carbonyl (C=O) groups is 2. The summed E-state index contributed by atoms with van der Waals surface area (Å²) in [6, 6.07) is 0.358. The molecule has 1 rings (SSSR count). The van der Waals surface area contributed by atoms with E-state index in [1.54, 1.807) is 0 Å². The third kappa shape index (κ3) is 5.63. The minimum atomic E-state index is -0.120. The molecule has 2 amide bonds. The van der Waals surface area contributed by atoms with Crippen molar-refractivity contribution >= 4 is 11.8 Å². The highest BCUT2D eigenvalue weighted by atomic mass is 16.2. The predicted molar refractivity (Wildman–Crippen MR) is 83.2 cm³/mol. The number of hydrazine groups is 1. The lowest BCUT2D eigenvalue weighted by Gasteiger charge is -2.34. The number of rotatable bonds is 6. The summed E-state index contributed by atoms with van der Waals surface area (Å²) in [6.45, 7) is 11.2. The summed E-state index contributed by atoms with van der Waals surface area (Å²) in [4.78, 5) is 28.0. The van der Waals surface area contributed by atoms with Gasteiger partial charge >= 0.3 is 0 Å². The number of hydrogen-bond donors (Lipinski definition) is 2. The Morgan fingerprint density at radius 3 is 2.24 bits per heavy atom. The molecule has 0 bridgehead atoms. The lowest BCUT2D eigenvalue weighted by Crippen LogP contribution is -2.48. The van der Waals surface area contributed by atoms with E-state index in [-0.39, 0.29) is 17.7 Å². The number of hydrogen-bond acceptors (Lipinski definition) is 4. The minimum Gasteiger partial charge on any atom is -0.342 e. The van der Waals surface area contributed by atoms with Gasteiger partial charge in [-0.1, -0.05) is 13.8 Å². The Morgan fingerprint density at radius 1 is 1.24 bits per heavy atom. The molecule has 6 heteroatoms. The molecule has 122 valence electrons. The minimum absolute atomic E-state index is 0.0593. The van der Waals surface area contributed by atoms with Crippen molar-refractivity contribution in [3.8, 4) is 0 Å². The second-order valence-corrected chi connectivity index (χ2v) is 6.58. The Kier molecular flexibility index (Phi) is 7.11. The lowest BCUT2D eigenvalue weighted by atomic mass is 9.96. The van der Waals surface area contributed by atoms with Crippen LogP contribution in [0.4, 0.5) is 0 Å². The van der Waals surface area contributed by atoms with E-state index in [1.807, 2.05) is 4.90 Å². The highest BCUT2D eigenvalue weighted by Crippen LogP contribution is 2.17. The van der Waals surface area contributed by atoms with Gasteiger partial charge in [-0.2, -0.15) is 0 Å². The predicted octanol–water partition coefficient (Wildman–Crippen LogP) is 0.581. The molecule has 0 aromatic rings. The number of nitrogens with two attached hydrogens (primary N) is 1. The van der Waals surface area contributed by atoms with E-state index < -0.39 is 0 Å². The van der Waals surface area contributed by atoms with Crippen LogP contribution in [0.1, 0.15) is 40.5 Å². The van der Waals surface area contributed by atoms with Crippen LogP contribution in [0.5, 0.6) is 0 Å². The molecule has 0 aliphatic carbocycles. The van der Waals surface area contributed by atoms with Gasteiger partial charge in [-0.15, -0.1) is 0 Å². The normalized spacial score (nSPS) is 16.9. The Bertz CT molecular complexity index is 350. The maximum Gasteiger partial charge on any atom is 0.237 e. The SMILES string of the molecule is CC(C)CN(CC(=O)N1CCC(C(=O)NN)CC1)C(C)C. The Hall–Kier alpha value is -1.14. The summed E-state index contributed by atoms with van der Waals surface area (Å²) in [5, 5.41) is 0. The quantitative estimate of drug-likeness (QED) is 0.427. The topological polar surface area (TPSA) is 78.7 Å². The van der Waals surface area contributed by atoms with Crippen LogP contribution in [0.3, 0.4) is 0 Å². The molecule has 0 aromatic heterocycles.